The Morgan fingerprint density at radius 1 is 1.33 bits per heavy atom. The van der Waals surface area contributed by atoms with E-state index in [4.69, 9.17) is 5.73 Å². The topological polar surface area (TPSA) is 46.3 Å². The average Bonchev–Trinajstić information content (AvgIpc) is 2.36. The van der Waals surface area contributed by atoms with Crippen molar-refractivity contribution >= 4 is 5.91 Å². The van der Waals surface area contributed by atoms with Crippen molar-refractivity contribution in [2.75, 3.05) is 13.6 Å². The van der Waals surface area contributed by atoms with Crippen molar-refractivity contribution < 1.29 is 13.6 Å². The van der Waals surface area contributed by atoms with E-state index in [1.54, 1.807) is 6.92 Å². The number of nitrogens with zero attached hydrogens (tertiary/aromatic N) is 1. The van der Waals surface area contributed by atoms with Crippen LogP contribution < -0.4 is 5.73 Å². The van der Waals surface area contributed by atoms with Crippen molar-refractivity contribution in [3.8, 4) is 0 Å². The number of rotatable bonds is 5. The van der Waals surface area contributed by atoms with Crippen LogP contribution in [0.4, 0.5) is 8.78 Å². The summed E-state index contributed by atoms with van der Waals surface area (Å²) in [6.45, 7) is 1.09. The molecule has 1 aromatic rings. The first kappa shape index (κ1) is 14.6. The molecule has 0 aromatic heterocycles. The first-order valence-corrected chi connectivity index (χ1v) is 5.77. The van der Waals surface area contributed by atoms with Crippen molar-refractivity contribution in [1.82, 2.24) is 4.90 Å². The van der Waals surface area contributed by atoms with Crippen LogP contribution in [0.5, 0.6) is 0 Å². The lowest BCUT2D eigenvalue weighted by molar-refractivity contribution is -0.136. The molecular weight excluding hydrogens is 238 g/mol. The fourth-order valence-corrected chi connectivity index (χ4v) is 1.76. The first-order chi connectivity index (χ1) is 8.43. The van der Waals surface area contributed by atoms with Crippen LogP contribution in [0.1, 0.15) is 18.5 Å². The molecule has 1 amide bonds. The van der Waals surface area contributed by atoms with Crippen molar-refractivity contribution in [2.45, 2.75) is 19.4 Å². The SMILES string of the molecule is CC(C(=O)N(C)CC(F)F)C(N)c1ccccc1. The fourth-order valence-electron chi connectivity index (χ4n) is 1.76. The third-order valence-corrected chi connectivity index (χ3v) is 2.90. The zero-order chi connectivity index (χ0) is 13.7. The van der Waals surface area contributed by atoms with Gasteiger partial charge in [0.1, 0.15) is 0 Å². The Labute approximate surface area is 106 Å². The molecule has 5 heteroatoms. The Kier molecular flexibility index (Phi) is 5.22. The molecule has 0 aliphatic heterocycles. The third kappa shape index (κ3) is 3.77. The number of carbonyl (C=O) groups is 1. The third-order valence-electron chi connectivity index (χ3n) is 2.90. The first-order valence-electron chi connectivity index (χ1n) is 5.77. The van der Waals surface area contributed by atoms with Crippen LogP contribution in [0.15, 0.2) is 30.3 Å². The lowest BCUT2D eigenvalue weighted by Gasteiger charge is -2.25. The van der Waals surface area contributed by atoms with Gasteiger partial charge >= 0.3 is 0 Å². The van der Waals surface area contributed by atoms with E-state index in [2.05, 4.69) is 0 Å². The minimum atomic E-state index is -2.53. The molecule has 2 N–H and O–H groups in total. The maximum Gasteiger partial charge on any atom is 0.255 e. The van der Waals surface area contributed by atoms with Gasteiger partial charge in [0.05, 0.1) is 12.5 Å². The largest absolute Gasteiger partial charge is 0.340 e. The van der Waals surface area contributed by atoms with Gasteiger partial charge in [0, 0.05) is 13.1 Å². The smallest absolute Gasteiger partial charge is 0.255 e. The molecule has 0 saturated carbocycles. The Morgan fingerprint density at radius 3 is 2.39 bits per heavy atom. The van der Waals surface area contributed by atoms with Crippen LogP contribution in [-0.2, 0) is 4.79 Å². The number of alkyl halides is 2. The van der Waals surface area contributed by atoms with Gasteiger partial charge in [-0.3, -0.25) is 4.79 Å². The summed E-state index contributed by atoms with van der Waals surface area (Å²) in [5.41, 5.74) is 6.80. The van der Waals surface area contributed by atoms with E-state index in [-0.39, 0.29) is 5.91 Å². The number of benzene rings is 1. The van der Waals surface area contributed by atoms with Gasteiger partial charge in [-0.15, -0.1) is 0 Å². The van der Waals surface area contributed by atoms with Crippen LogP contribution in [0, 0.1) is 5.92 Å². The van der Waals surface area contributed by atoms with Gasteiger partial charge in [0.25, 0.3) is 6.43 Å². The van der Waals surface area contributed by atoms with E-state index < -0.39 is 24.9 Å². The second-order valence-corrected chi connectivity index (χ2v) is 4.33. The molecule has 0 bridgehead atoms. The van der Waals surface area contributed by atoms with Crippen LogP contribution in [0.2, 0.25) is 0 Å². The summed E-state index contributed by atoms with van der Waals surface area (Å²) in [5, 5.41) is 0. The minimum absolute atomic E-state index is 0.369. The fraction of sp³-hybridized carbons (Fsp3) is 0.462. The molecule has 100 valence electrons. The molecule has 0 heterocycles. The van der Waals surface area contributed by atoms with Gasteiger partial charge < -0.3 is 10.6 Å². The molecule has 0 aliphatic carbocycles. The summed E-state index contributed by atoms with van der Waals surface area (Å²) >= 11 is 0. The van der Waals surface area contributed by atoms with Crippen molar-refractivity contribution in [3.63, 3.8) is 0 Å². The van der Waals surface area contributed by atoms with Crippen molar-refractivity contribution in [3.05, 3.63) is 35.9 Å². The highest BCUT2D eigenvalue weighted by Gasteiger charge is 2.26. The molecule has 0 spiro atoms. The molecule has 3 nitrogen and oxygen atoms in total. The zero-order valence-electron chi connectivity index (χ0n) is 10.5. The Bertz CT molecular complexity index is 384. The number of hydrogen-bond acceptors (Lipinski definition) is 2. The zero-order valence-corrected chi connectivity index (χ0v) is 10.5. The summed E-state index contributed by atoms with van der Waals surface area (Å²) in [6.07, 6.45) is -2.53. The van der Waals surface area contributed by atoms with E-state index in [0.29, 0.717) is 0 Å². The summed E-state index contributed by atoms with van der Waals surface area (Å²) < 4.78 is 24.4. The maximum atomic E-state index is 12.2. The highest BCUT2D eigenvalue weighted by atomic mass is 19.3. The summed E-state index contributed by atoms with van der Waals surface area (Å²) in [6, 6.07) is 8.66. The van der Waals surface area contributed by atoms with E-state index in [9.17, 15) is 13.6 Å². The molecule has 0 fully saturated rings. The van der Waals surface area contributed by atoms with Crippen LogP contribution in [0.3, 0.4) is 0 Å². The second kappa shape index (κ2) is 6.44. The van der Waals surface area contributed by atoms with Gasteiger partial charge in [-0.25, -0.2) is 8.78 Å². The van der Waals surface area contributed by atoms with Gasteiger partial charge in [0.2, 0.25) is 5.91 Å². The lowest BCUT2D eigenvalue weighted by atomic mass is 9.94. The predicted octanol–water partition coefficient (Wildman–Crippen LogP) is 2.05. The summed E-state index contributed by atoms with van der Waals surface area (Å²) in [5.74, 6) is -0.900. The summed E-state index contributed by atoms with van der Waals surface area (Å²) in [4.78, 5) is 12.9. The van der Waals surface area contributed by atoms with Crippen LogP contribution in [0.25, 0.3) is 0 Å². The van der Waals surface area contributed by atoms with E-state index in [1.165, 1.54) is 7.05 Å². The molecular formula is C13H18F2N2O. The molecule has 1 aromatic carbocycles. The van der Waals surface area contributed by atoms with E-state index in [1.807, 2.05) is 30.3 Å². The molecule has 1 rings (SSSR count). The predicted molar refractivity (Wildman–Crippen MR) is 66.2 cm³/mol. The molecule has 0 radical (unpaired) electrons. The van der Waals surface area contributed by atoms with Gasteiger partial charge in [-0.2, -0.15) is 0 Å². The Hall–Kier alpha value is -1.49. The average molecular weight is 256 g/mol. The van der Waals surface area contributed by atoms with E-state index >= 15 is 0 Å². The highest BCUT2D eigenvalue weighted by Crippen LogP contribution is 2.20. The monoisotopic (exact) mass is 256 g/mol. The highest BCUT2D eigenvalue weighted by molar-refractivity contribution is 5.79. The second-order valence-electron chi connectivity index (χ2n) is 4.33. The number of carbonyl (C=O) groups excluding carboxylic acids is 1. The molecule has 2 unspecified atom stereocenters. The molecule has 2 atom stereocenters. The van der Waals surface area contributed by atoms with Crippen molar-refractivity contribution in [1.29, 1.82) is 0 Å². The van der Waals surface area contributed by atoms with E-state index in [0.717, 1.165) is 10.5 Å². The van der Waals surface area contributed by atoms with Gasteiger partial charge in [0.15, 0.2) is 0 Å². The Balaban J connectivity index is 2.69. The van der Waals surface area contributed by atoms with Crippen LogP contribution >= 0.6 is 0 Å². The molecule has 18 heavy (non-hydrogen) atoms. The van der Waals surface area contributed by atoms with Gasteiger partial charge in [-0.1, -0.05) is 37.3 Å². The standard InChI is InChI=1S/C13H18F2N2O/c1-9(13(18)17(2)8-11(14)15)12(16)10-6-4-3-5-7-10/h3-7,9,11-12H,8,16H2,1-2H3. The molecule has 0 aliphatic rings. The maximum absolute atomic E-state index is 12.2. The molecule has 0 saturated heterocycles. The number of amides is 1. The summed E-state index contributed by atoms with van der Waals surface area (Å²) in [7, 11) is 1.36. The number of nitrogens with two attached hydrogens (primary N) is 1. The van der Waals surface area contributed by atoms with Crippen molar-refractivity contribution in [2.24, 2.45) is 11.7 Å². The minimum Gasteiger partial charge on any atom is -0.340 e. The van der Waals surface area contributed by atoms with Crippen LogP contribution in [-0.4, -0.2) is 30.8 Å². The number of hydrogen-bond donors (Lipinski definition) is 1. The Morgan fingerprint density at radius 2 is 1.89 bits per heavy atom. The number of halogens is 2. The normalized spacial score (nSPS) is 14.3. The lowest BCUT2D eigenvalue weighted by Crippen LogP contribution is -2.39. The van der Waals surface area contributed by atoms with Gasteiger partial charge in [-0.05, 0) is 5.56 Å². The quantitative estimate of drug-likeness (QED) is 0.876.